The van der Waals surface area contributed by atoms with Gasteiger partial charge in [0.25, 0.3) is 0 Å². The number of nitrogens with one attached hydrogen (secondary N) is 2. The van der Waals surface area contributed by atoms with Gasteiger partial charge in [-0.2, -0.15) is 0 Å². The standard InChI is InChI=1S/C14H18N2O3/c1-3-9-15-12(17)13(18)16-10-14(2,19)11-7-5-4-6-8-11/h3-8,19H,1,9-10H2,2H3,(H,15,17)(H,16,18). The van der Waals surface area contributed by atoms with E-state index in [-0.39, 0.29) is 13.1 Å². The average molecular weight is 262 g/mol. The molecule has 2 amide bonds. The zero-order valence-electron chi connectivity index (χ0n) is 10.8. The number of carbonyl (C=O) groups is 2. The summed E-state index contributed by atoms with van der Waals surface area (Å²) in [6.45, 7) is 5.18. The fourth-order valence-electron chi connectivity index (χ4n) is 1.48. The van der Waals surface area contributed by atoms with Crippen molar-refractivity contribution in [1.29, 1.82) is 0 Å². The highest BCUT2D eigenvalue weighted by atomic mass is 16.3. The number of hydrogen-bond donors (Lipinski definition) is 3. The number of hydrogen-bond acceptors (Lipinski definition) is 3. The van der Waals surface area contributed by atoms with Crippen LogP contribution in [-0.2, 0) is 15.2 Å². The van der Waals surface area contributed by atoms with Gasteiger partial charge in [-0.3, -0.25) is 9.59 Å². The normalized spacial score (nSPS) is 13.2. The third kappa shape index (κ3) is 4.56. The Morgan fingerprint density at radius 1 is 1.26 bits per heavy atom. The van der Waals surface area contributed by atoms with E-state index in [1.54, 1.807) is 31.2 Å². The van der Waals surface area contributed by atoms with E-state index in [0.717, 1.165) is 0 Å². The molecule has 0 saturated heterocycles. The summed E-state index contributed by atoms with van der Waals surface area (Å²) in [6.07, 6.45) is 1.48. The van der Waals surface area contributed by atoms with Gasteiger partial charge in [0.1, 0.15) is 5.60 Å². The van der Waals surface area contributed by atoms with E-state index >= 15 is 0 Å². The van der Waals surface area contributed by atoms with Crippen molar-refractivity contribution >= 4 is 11.8 Å². The Kier molecular flexibility index (Phi) is 5.26. The third-order valence-electron chi connectivity index (χ3n) is 2.60. The number of aliphatic hydroxyl groups is 1. The predicted molar refractivity (Wildman–Crippen MR) is 72.2 cm³/mol. The first-order chi connectivity index (χ1) is 8.97. The van der Waals surface area contributed by atoms with Crippen LogP contribution in [0.15, 0.2) is 43.0 Å². The van der Waals surface area contributed by atoms with Crippen LogP contribution in [0, 0.1) is 0 Å². The maximum absolute atomic E-state index is 11.5. The van der Waals surface area contributed by atoms with Gasteiger partial charge in [-0.1, -0.05) is 36.4 Å². The predicted octanol–water partition coefficient (Wildman–Crippen LogP) is 0.313. The molecular weight excluding hydrogens is 244 g/mol. The Hall–Kier alpha value is -2.14. The Balaban J connectivity index is 2.54. The highest BCUT2D eigenvalue weighted by Gasteiger charge is 2.24. The largest absolute Gasteiger partial charge is 0.384 e. The molecule has 5 heteroatoms. The van der Waals surface area contributed by atoms with Crippen LogP contribution in [0.25, 0.3) is 0 Å². The van der Waals surface area contributed by atoms with Gasteiger partial charge in [0.05, 0.1) is 6.54 Å². The molecule has 1 unspecified atom stereocenters. The summed E-state index contributed by atoms with van der Waals surface area (Å²) in [6, 6.07) is 8.93. The lowest BCUT2D eigenvalue weighted by molar-refractivity contribution is -0.139. The minimum atomic E-state index is -1.23. The van der Waals surface area contributed by atoms with Gasteiger partial charge in [-0.05, 0) is 12.5 Å². The van der Waals surface area contributed by atoms with Crippen molar-refractivity contribution in [3.05, 3.63) is 48.6 Å². The molecule has 1 aromatic carbocycles. The van der Waals surface area contributed by atoms with Gasteiger partial charge in [-0.15, -0.1) is 6.58 Å². The van der Waals surface area contributed by atoms with Gasteiger partial charge in [0, 0.05) is 6.54 Å². The molecule has 5 nitrogen and oxygen atoms in total. The molecule has 1 rings (SSSR count). The van der Waals surface area contributed by atoms with Crippen LogP contribution in [0.5, 0.6) is 0 Å². The minimum Gasteiger partial charge on any atom is -0.384 e. The Morgan fingerprint density at radius 3 is 2.42 bits per heavy atom. The number of benzene rings is 1. The summed E-state index contributed by atoms with van der Waals surface area (Å²) in [5.74, 6) is -1.53. The molecule has 0 aliphatic heterocycles. The van der Waals surface area contributed by atoms with Crippen molar-refractivity contribution in [2.75, 3.05) is 13.1 Å². The fourth-order valence-corrected chi connectivity index (χ4v) is 1.48. The summed E-state index contributed by atoms with van der Waals surface area (Å²) in [4.78, 5) is 22.8. The summed E-state index contributed by atoms with van der Waals surface area (Å²) in [7, 11) is 0. The molecule has 0 radical (unpaired) electrons. The molecule has 0 aromatic heterocycles. The fraction of sp³-hybridized carbons (Fsp3) is 0.286. The molecule has 0 spiro atoms. The third-order valence-corrected chi connectivity index (χ3v) is 2.60. The molecule has 0 fully saturated rings. The molecular formula is C14H18N2O3. The molecule has 0 aliphatic rings. The Bertz CT molecular complexity index is 455. The highest BCUT2D eigenvalue weighted by Crippen LogP contribution is 2.18. The molecule has 102 valence electrons. The van der Waals surface area contributed by atoms with Gasteiger partial charge in [0.15, 0.2) is 0 Å². The lowest BCUT2D eigenvalue weighted by atomic mass is 9.96. The van der Waals surface area contributed by atoms with E-state index in [4.69, 9.17) is 0 Å². The van der Waals surface area contributed by atoms with E-state index in [9.17, 15) is 14.7 Å². The number of amides is 2. The molecule has 0 heterocycles. The summed E-state index contributed by atoms with van der Waals surface area (Å²) < 4.78 is 0. The molecule has 0 aliphatic carbocycles. The first kappa shape index (κ1) is 14.9. The van der Waals surface area contributed by atoms with Gasteiger partial charge < -0.3 is 15.7 Å². The van der Waals surface area contributed by atoms with E-state index < -0.39 is 17.4 Å². The maximum Gasteiger partial charge on any atom is 0.309 e. The summed E-state index contributed by atoms with van der Waals surface area (Å²) in [5.41, 5.74) is -0.558. The van der Waals surface area contributed by atoms with Crippen molar-refractivity contribution in [2.45, 2.75) is 12.5 Å². The van der Waals surface area contributed by atoms with Crippen molar-refractivity contribution in [2.24, 2.45) is 0 Å². The molecule has 0 bridgehead atoms. The smallest absolute Gasteiger partial charge is 0.309 e. The Labute approximate surface area is 112 Å². The van der Waals surface area contributed by atoms with Crippen LogP contribution >= 0.6 is 0 Å². The molecule has 3 N–H and O–H groups in total. The molecule has 0 saturated carbocycles. The second kappa shape index (κ2) is 6.70. The second-order valence-electron chi connectivity index (χ2n) is 4.32. The van der Waals surface area contributed by atoms with Crippen molar-refractivity contribution in [3.8, 4) is 0 Å². The first-order valence-corrected chi connectivity index (χ1v) is 5.92. The number of rotatable bonds is 5. The van der Waals surface area contributed by atoms with E-state index in [1.165, 1.54) is 6.08 Å². The van der Waals surface area contributed by atoms with Crippen LogP contribution in [0.1, 0.15) is 12.5 Å². The van der Waals surface area contributed by atoms with Crippen molar-refractivity contribution in [3.63, 3.8) is 0 Å². The quantitative estimate of drug-likeness (QED) is 0.528. The van der Waals surface area contributed by atoms with Crippen LogP contribution < -0.4 is 10.6 Å². The van der Waals surface area contributed by atoms with Crippen LogP contribution in [-0.4, -0.2) is 30.0 Å². The number of carbonyl (C=O) groups excluding carboxylic acids is 2. The minimum absolute atomic E-state index is 0.0443. The van der Waals surface area contributed by atoms with Gasteiger partial charge in [0.2, 0.25) is 0 Å². The lowest BCUT2D eigenvalue weighted by Gasteiger charge is -2.24. The highest BCUT2D eigenvalue weighted by molar-refractivity contribution is 6.35. The topological polar surface area (TPSA) is 78.4 Å². The van der Waals surface area contributed by atoms with Gasteiger partial charge in [-0.25, -0.2) is 0 Å². The summed E-state index contributed by atoms with van der Waals surface area (Å²) >= 11 is 0. The summed E-state index contributed by atoms with van der Waals surface area (Å²) in [5, 5.41) is 15.0. The molecule has 1 atom stereocenters. The van der Waals surface area contributed by atoms with E-state index in [0.29, 0.717) is 5.56 Å². The lowest BCUT2D eigenvalue weighted by Crippen LogP contribution is -2.45. The molecule has 19 heavy (non-hydrogen) atoms. The van der Waals surface area contributed by atoms with E-state index in [1.807, 2.05) is 6.07 Å². The first-order valence-electron chi connectivity index (χ1n) is 5.92. The average Bonchev–Trinajstić information content (AvgIpc) is 2.43. The van der Waals surface area contributed by atoms with Gasteiger partial charge >= 0.3 is 11.8 Å². The van der Waals surface area contributed by atoms with Crippen molar-refractivity contribution in [1.82, 2.24) is 10.6 Å². The van der Waals surface area contributed by atoms with E-state index in [2.05, 4.69) is 17.2 Å². The van der Waals surface area contributed by atoms with Crippen LogP contribution in [0.3, 0.4) is 0 Å². The zero-order chi connectivity index (χ0) is 14.3. The SMILES string of the molecule is C=CCNC(=O)C(=O)NCC(C)(O)c1ccccc1. The maximum atomic E-state index is 11.5. The zero-order valence-corrected chi connectivity index (χ0v) is 10.8. The Morgan fingerprint density at radius 2 is 1.84 bits per heavy atom. The van der Waals surface area contributed by atoms with Crippen LogP contribution in [0.4, 0.5) is 0 Å². The second-order valence-corrected chi connectivity index (χ2v) is 4.32. The monoisotopic (exact) mass is 262 g/mol. The van der Waals surface area contributed by atoms with Crippen molar-refractivity contribution < 1.29 is 14.7 Å². The van der Waals surface area contributed by atoms with Crippen LogP contribution in [0.2, 0.25) is 0 Å². The molecule has 1 aromatic rings.